The highest BCUT2D eigenvalue weighted by molar-refractivity contribution is 5.75. The zero-order chi connectivity index (χ0) is 18.0. The maximum absolute atomic E-state index is 12.5. The molecule has 22 heavy (non-hydrogen) atoms. The van der Waals surface area contributed by atoms with Gasteiger partial charge in [0.05, 0.1) is 6.54 Å². The third-order valence-electron chi connectivity index (χ3n) is 2.51. The van der Waals surface area contributed by atoms with Crippen LogP contribution in [0.3, 0.4) is 0 Å². The van der Waals surface area contributed by atoms with Crippen LogP contribution in [0.4, 0.5) is 13.2 Å². The maximum atomic E-state index is 12.5. The first kappa shape index (κ1) is 25.8. The van der Waals surface area contributed by atoms with Gasteiger partial charge in [0.2, 0.25) is 5.91 Å². The number of hydrogen-bond donors (Lipinski definition) is 3. The Labute approximate surface area is 131 Å². The van der Waals surface area contributed by atoms with Crippen molar-refractivity contribution in [3.63, 3.8) is 0 Å². The van der Waals surface area contributed by atoms with E-state index in [1.54, 1.807) is 0 Å². The average Bonchev–Trinajstić information content (AvgIpc) is 2.43. The molecule has 0 rings (SSSR count). The van der Waals surface area contributed by atoms with Crippen LogP contribution in [0.15, 0.2) is 0 Å². The quantitative estimate of drug-likeness (QED) is 0.446. The van der Waals surface area contributed by atoms with Gasteiger partial charge in [0, 0.05) is 0 Å². The Hall–Kier alpha value is -1.15. The smallest absolute Gasteiger partial charge is 0.369 e. The van der Waals surface area contributed by atoms with Gasteiger partial charge in [-0.3, -0.25) is 10.1 Å². The molecule has 0 aromatic rings. The van der Waals surface area contributed by atoms with Crippen LogP contribution in [0.25, 0.3) is 0 Å². The third kappa shape index (κ3) is 21.2. The molecule has 0 radical (unpaired) electrons. The van der Waals surface area contributed by atoms with Crippen molar-refractivity contribution in [3.05, 3.63) is 0 Å². The molecule has 0 aliphatic rings. The summed E-state index contributed by atoms with van der Waals surface area (Å²) in [6.45, 7) is 3.06. The van der Waals surface area contributed by atoms with Crippen LogP contribution in [0.1, 0.15) is 52.4 Å². The molecule has 0 spiro atoms. The highest BCUT2D eigenvalue weighted by atomic mass is 19.4. The summed E-state index contributed by atoms with van der Waals surface area (Å²) in [5, 5.41) is 2.15. The number of carbonyl (C=O) groups is 2. The van der Waals surface area contributed by atoms with Crippen molar-refractivity contribution in [1.82, 2.24) is 5.32 Å². The molecule has 5 nitrogen and oxygen atoms in total. The summed E-state index contributed by atoms with van der Waals surface area (Å²) in [4.78, 5) is 19.2. The number of nitrogens with one attached hydrogen (secondary N) is 1. The fraction of sp³-hybridized carbons (Fsp3) is 0.857. The first-order chi connectivity index (χ1) is 10.3. The van der Waals surface area contributed by atoms with Gasteiger partial charge in [0.25, 0.3) is 0 Å². The predicted molar refractivity (Wildman–Crippen MR) is 82.3 cm³/mol. The molecule has 1 amide bonds. The van der Waals surface area contributed by atoms with Crippen molar-refractivity contribution in [2.24, 2.45) is 11.5 Å². The van der Waals surface area contributed by atoms with Gasteiger partial charge >= 0.3 is 6.18 Å². The summed E-state index contributed by atoms with van der Waals surface area (Å²) in [7, 11) is 1.50. The van der Waals surface area contributed by atoms with Crippen molar-refractivity contribution in [1.29, 1.82) is 0 Å². The molecule has 5 N–H and O–H groups in total. The van der Waals surface area contributed by atoms with Gasteiger partial charge in [-0.2, -0.15) is 13.2 Å². The lowest BCUT2D eigenvalue weighted by Crippen LogP contribution is -2.45. The van der Waals surface area contributed by atoms with Gasteiger partial charge in [0.1, 0.15) is 12.3 Å². The normalized spacial score (nSPS) is 11.4. The van der Waals surface area contributed by atoms with E-state index in [2.05, 4.69) is 11.1 Å². The first-order valence-electron chi connectivity index (χ1n) is 7.35. The summed E-state index contributed by atoms with van der Waals surface area (Å²) < 4.78 is 37.6. The molecule has 0 bridgehead atoms. The van der Waals surface area contributed by atoms with E-state index in [9.17, 15) is 18.0 Å². The number of hydrogen-bond acceptors (Lipinski definition) is 4. The first-order valence-corrected chi connectivity index (χ1v) is 7.35. The number of carbonyl (C=O) groups excluding carboxylic acids is 2. The lowest BCUT2D eigenvalue weighted by Gasteiger charge is -2.20. The number of rotatable bonds is 9. The third-order valence-corrected chi connectivity index (χ3v) is 2.51. The van der Waals surface area contributed by atoms with Gasteiger partial charge in [-0.15, -0.1) is 0 Å². The van der Waals surface area contributed by atoms with Crippen LogP contribution in [-0.4, -0.2) is 38.0 Å². The Morgan fingerprint density at radius 1 is 1.18 bits per heavy atom. The number of amides is 1. The average molecular weight is 329 g/mol. The van der Waals surface area contributed by atoms with Crippen molar-refractivity contribution in [2.75, 3.05) is 13.6 Å². The number of halogens is 3. The minimum atomic E-state index is -4.32. The molecule has 1 atom stereocenters. The Kier molecular flexibility index (Phi) is 21.0. The summed E-state index contributed by atoms with van der Waals surface area (Å²) in [6.07, 6.45) is 0.792. The van der Waals surface area contributed by atoms with Crippen LogP contribution in [0.2, 0.25) is 0 Å². The van der Waals surface area contributed by atoms with Crippen LogP contribution in [-0.2, 0) is 9.59 Å². The molecule has 134 valence electrons. The van der Waals surface area contributed by atoms with Gasteiger partial charge < -0.3 is 16.3 Å². The molecule has 0 aliphatic heterocycles. The van der Waals surface area contributed by atoms with Crippen LogP contribution >= 0.6 is 0 Å². The SMILES string of the molecule is CC=O.CCCCCCCC(NCC(N)=O)C(F)(F)F.CN. The van der Waals surface area contributed by atoms with E-state index in [4.69, 9.17) is 10.5 Å². The topological polar surface area (TPSA) is 98.2 Å². The number of primary amides is 1. The van der Waals surface area contributed by atoms with E-state index >= 15 is 0 Å². The summed E-state index contributed by atoms with van der Waals surface area (Å²) in [5.41, 5.74) is 9.31. The fourth-order valence-corrected chi connectivity index (χ4v) is 1.56. The Balaban J connectivity index is -0.000000637. The Morgan fingerprint density at radius 2 is 1.64 bits per heavy atom. The zero-order valence-corrected chi connectivity index (χ0v) is 13.7. The Bertz CT molecular complexity index is 262. The summed E-state index contributed by atoms with van der Waals surface area (Å²) >= 11 is 0. The van der Waals surface area contributed by atoms with Crippen molar-refractivity contribution in [3.8, 4) is 0 Å². The molecule has 0 aliphatic carbocycles. The second kappa shape index (κ2) is 17.9. The molecular formula is C14H30F3N3O2. The number of nitrogens with two attached hydrogens (primary N) is 2. The zero-order valence-electron chi connectivity index (χ0n) is 13.7. The molecule has 0 saturated carbocycles. The lowest BCUT2D eigenvalue weighted by molar-refractivity contribution is -0.158. The van der Waals surface area contributed by atoms with E-state index in [0.29, 0.717) is 6.42 Å². The van der Waals surface area contributed by atoms with Crippen LogP contribution in [0, 0.1) is 0 Å². The van der Waals surface area contributed by atoms with Crippen molar-refractivity contribution < 1.29 is 22.8 Å². The molecular weight excluding hydrogens is 299 g/mol. The lowest BCUT2D eigenvalue weighted by atomic mass is 10.1. The number of aldehydes is 1. The van der Waals surface area contributed by atoms with E-state index < -0.39 is 24.7 Å². The molecule has 0 heterocycles. The molecule has 1 unspecified atom stereocenters. The molecule has 0 aromatic heterocycles. The standard InChI is InChI=1S/C11H21F3N2O.C2H4O.CH5N/c1-2-3-4-5-6-7-9(11(12,13)14)16-8-10(15)17;1-2-3;1-2/h9,16H,2-8H2,1H3,(H2,15,17);2H,1H3;2H2,1H3. The van der Waals surface area contributed by atoms with Gasteiger partial charge in [0.15, 0.2) is 0 Å². The predicted octanol–water partition coefficient (Wildman–Crippen LogP) is 2.13. The molecule has 0 saturated heterocycles. The Morgan fingerprint density at radius 3 is 2.00 bits per heavy atom. The largest absolute Gasteiger partial charge is 0.403 e. The number of unbranched alkanes of at least 4 members (excludes halogenated alkanes) is 4. The van der Waals surface area contributed by atoms with Crippen molar-refractivity contribution in [2.45, 2.75) is 64.6 Å². The van der Waals surface area contributed by atoms with Crippen molar-refractivity contribution >= 4 is 12.2 Å². The second-order valence-corrected chi connectivity index (χ2v) is 4.38. The highest BCUT2D eigenvalue weighted by Crippen LogP contribution is 2.24. The van der Waals surface area contributed by atoms with Gasteiger partial charge in [-0.05, 0) is 20.4 Å². The fourth-order valence-electron chi connectivity index (χ4n) is 1.56. The molecule has 8 heteroatoms. The number of alkyl halides is 3. The monoisotopic (exact) mass is 329 g/mol. The second-order valence-electron chi connectivity index (χ2n) is 4.38. The van der Waals surface area contributed by atoms with E-state index in [1.165, 1.54) is 14.0 Å². The highest BCUT2D eigenvalue weighted by Gasteiger charge is 2.38. The minimum Gasteiger partial charge on any atom is -0.369 e. The molecule has 0 aromatic carbocycles. The van der Waals surface area contributed by atoms with Crippen LogP contribution < -0.4 is 16.8 Å². The van der Waals surface area contributed by atoms with Gasteiger partial charge in [-0.1, -0.05) is 39.0 Å². The maximum Gasteiger partial charge on any atom is 0.403 e. The van der Waals surface area contributed by atoms with E-state index in [-0.39, 0.29) is 6.42 Å². The van der Waals surface area contributed by atoms with Crippen LogP contribution in [0.5, 0.6) is 0 Å². The van der Waals surface area contributed by atoms with Gasteiger partial charge in [-0.25, -0.2) is 0 Å². The van der Waals surface area contributed by atoms with E-state index in [1.807, 2.05) is 6.92 Å². The molecule has 0 fully saturated rings. The van der Waals surface area contributed by atoms with E-state index in [0.717, 1.165) is 32.0 Å². The minimum absolute atomic E-state index is 0.000490. The summed E-state index contributed by atoms with van der Waals surface area (Å²) in [6, 6.07) is -1.63. The summed E-state index contributed by atoms with van der Waals surface area (Å²) in [5.74, 6) is -0.773.